The topological polar surface area (TPSA) is 95.2 Å². The van der Waals surface area contributed by atoms with Gasteiger partial charge in [-0.3, -0.25) is 14.9 Å². The zero-order valence-corrected chi connectivity index (χ0v) is 16.8. The minimum Gasteiger partial charge on any atom is -0.339 e. The summed E-state index contributed by atoms with van der Waals surface area (Å²) in [6.45, 7) is 0. The number of hydrogen-bond donors (Lipinski definition) is 4. The monoisotopic (exact) mass is 431 g/mol. The van der Waals surface area contributed by atoms with Gasteiger partial charge in [-0.2, -0.15) is 0 Å². The maximum atomic E-state index is 13.7. The van der Waals surface area contributed by atoms with Crippen LogP contribution in [0.3, 0.4) is 0 Å². The Morgan fingerprint density at radius 1 is 1.17 bits per heavy atom. The number of thiazole rings is 1. The second-order valence-electron chi connectivity index (χ2n) is 6.47. The summed E-state index contributed by atoms with van der Waals surface area (Å²) in [5.74, 6) is -1.35. The van der Waals surface area contributed by atoms with Gasteiger partial charge < -0.3 is 5.32 Å². The Bertz CT molecular complexity index is 1010. The molecule has 2 amide bonds. The highest BCUT2D eigenvalue weighted by Crippen LogP contribution is 2.25. The van der Waals surface area contributed by atoms with E-state index in [1.807, 2.05) is 11.4 Å². The number of hydrazine groups is 1. The van der Waals surface area contributed by atoms with E-state index in [1.165, 1.54) is 34.4 Å². The van der Waals surface area contributed by atoms with Gasteiger partial charge in [0.15, 0.2) is 5.13 Å². The molecule has 29 heavy (non-hydrogen) atoms. The number of rotatable bonds is 6. The van der Waals surface area contributed by atoms with E-state index in [4.69, 9.17) is 0 Å². The number of halogens is 1. The summed E-state index contributed by atoms with van der Waals surface area (Å²) >= 11 is 2.86. The second-order valence-corrected chi connectivity index (χ2v) is 8.30. The highest BCUT2D eigenvalue weighted by atomic mass is 32.1. The van der Waals surface area contributed by atoms with Gasteiger partial charge in [0.1, 0.15) is 5.82 Å². The van der Waals surface area contributed by atoms with Crippen molar-refractivity contribution in [3.63, 3.8) is 0 Å². The summed E-state index contributed by atoms with van der Waals surface area (Å²) in [6.07, 6.45) is 0.662. The first-order chi connectivity index (χ1) is 14.1. The lowest BCUT2D eigenvalue weighted by atomic mass is 10.1. The molecule has 0 aliphatic carbocycles. The Balaban J connectivity index is 1.28. The Morgan fingerprint density at radius 2 is 2.03 bits per heavy atom. The van der Waals surface area contributed by atoms with Crippen molar-refractivity contribution < 1.29 is 14.0 Å². The molecular formula is C19H18FN5O2S2. The Kier molecular flexibility index (Phi) is 5.95. The van der Waals surface area contributed by atoms with Crippen molar-refractivity contribution in [2.75, 3.05) is 5.32 Å². The quantitative estimate of drug-likeness (QED) is 0.482. The molecule has 0 radical (unpaired) electrons. The van der Waals surface area contributed by atoms with Crippen LogP contribution < -0.4 is 21.5 Å². The molecular weight excluding hydrogens is 413 g/mol. The summed E-state index contributed by atoms with van der Waals surface area (Å²) in [7, 11) is 0. The van der Waals surface area contributed by atoms with Crippen molar-refractivity contribution in [2.45, 2.75) is 25.0 Å². The maximum absolute atomic E-state index is 13.7. The fourth-order valence-electron chi connectivity index (χ4n) is 2.99. The van der Waals surface area contributed by atoms with Crippen molar-refractivity contribution in [1.82, 2.24) is 21.2 Å². The molecule has 1 aromatic carbocycles. The first kappa shape index (κ1) is 19.6. The van der Waals surface area contributed by atoms with Gasteiger partial charge >= 0.3 is 0 Å². The van der Waals surface area contributed by atoms with Crippen LogP contribution in [0, 0.1) is 5.82 Å². The van der Waals surface area contributed by atoms with Gasteiger partial charge in [0, 0.05) is 16.7 Å². The van der Waals surface area contributed by atoms with Gasteiger partial charge in [-0.25, -0.2) is 20.2 Å². The average Bonchev–Trinajstić information content (AvgIpc) is 3.44. The Labute approximate surface area is 174 Å². The predicted octanol–water partition coefficient (Wildman–Crippen LogP) is 2.82. The van der Waals surface area contributed by atoms with Gasteiger partial charge in [-0.1, -0.05) is 18.2 Å². The molecule has 2 atom stereocenters. The number of nitrogens with zero attached hydrogens (tertiary/aromatic N) is 1. The van der Waals surface area contributed by atoms with Crippen LogP contribution in [0.15, 0.2) is 47.2 Å². The largest absolute Gasteiger partial charge is 0.339 e. The van der Waals surface area contributed by atoms with Crippen molar-refractivity contribution >= 4 is 39.6 Å². The van der Waals surface area contributed by atoms with E-state index in [0.717, 1.165) is 6.42 Å². The number of aromatic nitrogens is 1. The Hall–Kier alpha value is -2.66. The lowest BCUT2D eigenvalue weighted by Crippen LogP contribution is -2.44. The molecule has 2 aromatic heterocycles. The highest BCUT2D eigenvalue weighted by molar-refractivity contribution is 7.14. The minimum absolute atomic E-state index is 0.0536. The zero-order valence-electron chi connectivity index (χ0n) is 15.1. The smallest absolute Gasteiger partial charge is 0.260 e. The van der Waals surface area contributed by atoms with Gasteiger partial charge in [0.2, 0.25) is 5.91 Å². The number of carbonyl (C=O) groups is 2. The molecule has 7 nitrogen and oxygen atoms in total. The predicted molar refractivity (Wildman–Crippen MR) is 110 cm³/mol. The number of benzene rings is 1. The molecule has 3 aromatic rings. The van der Waals surface area contributed by atoms with Gasteiger partial charge in [0.05, 0.1) is 29.9 Å². The summed E-state index contributed by atoms with van der Waals surface area (Å²) < 4.78 is 13.7. The number of carbonyl (C=O) groups excluding carboxylic acids is 2. The number of hydrogen-bond acceptors (Lipinski definition) is 7. The standard InChI is InChI=1S/C19H18FN5O2S2/c20-13-5-2-1-4-12(13)18(27)23-19-21-11(10-29-19)8-17(26)22-16-9-14(24-25-16)15-6-3-7-28-15/h1-7,10,14,16,24-25H,8-9H2,(H,22,26)(H,21,23,27). The van der Waals surface area contributed by atoms with Gasteiger partial charge in [0.25, 0.3) is 5.91 Å². The molecule has 0 spiro atoms. The summed E-state index contributed by atoms with van der Waals surface area (Å²) in [5.41, 5.74) is 6.74. The van der Waals surface area contributed by atoms with E-state index in [2.05, 4.69) is 32.5 Å². The third kappa shape index (κ3) is 4.85. The fraction of sp³-hybridized carbons (Fsp3) is 0.211. The van der Waals surface area contributed by atoms with E-state index >= 15 is 0 Å². The van der Waals surface area contributed by atoms with E-state index in [0.29, 0.717) is 10.8 Å². The number of amides is 2. The molecule has 1 fully saturated rings. The molecule has 3 heterocycles. The second kappa shape index (κ2) is 8.78. The van der Waals surface area contributed by atoms with Crippen LogP contribution >= 0.6 is 22.7 Å². The summed E-state index contributed by atoms with van der Waals surface area (Å²) in [5, 5.41) is 9.53. The van der Waals surface area contributed by atoms with E-state index < -0.39 is 11.7 Å². The van der Waals surface area contributed by atoms with Gasteiger partial charge in [-0.05, 0) is 23.6 Å². The normalized spacial score (nSPS) is 18.5. The third-order valence-corrected chi connectivity index (χ3v) is 6.15. The average molecular weight is 432 g/mol. The molecule has 0 bridgehead atoms. The number of nitrogens with one attached hydrogen (secondary N) is 4. The summed E-state index contributed by atoms with van der Waals surface area (Å²) in [4.78, 5) is 29.9. The van der Waals surface area contributed by atoms with E-state index in [1.54, 1.807) is 22.8 Å². The third-order valence-electron chi connectivity index (χ3n) is 4.36. The van der Waals surface area contributed by atoms with Crippen molar-refractivity contribution in [3.05, 3.63) is 69.1 Å². The minimum atomic E-state index is -0.598. The number of thiophene rings is 1. The lowest BCUT2D eigenvalue weighted by molar-refractivity contribution is -0.121. The SMILES string of the molecule is O=C(Cc1csc(NC(=O)c2ccccc2F)n1)NC1CC(c2cccs2)NN1. The molecule has 0 saturated carbocycles. The van der Waals surface area contributed by atoms with Crippen molar-refractivity contribution in [3.8, 4) is 0 Å². The molecule has 4 rings (SSSR count). The van der Waals surface area contributed by atoms with Crippen LogP contribution in [-0.2, 0) is 11.2 Å². The fourth-order valence-corrected chi connectivity index (χ4v) is 4.49. The van der Waals surface area contributed by atoms with Crippen LogP contribution in [0.2, 0.25) is 0 Å². The number of anilines is 1. The van der Waals surface area contributed by atoms with Gasteiger partial charge in [-0.15, -0.1) is 22.7 Å². The summed E-state index contributed by atoms with van der Waals surface area (Å²) in [6, 6.07) is 9.95. The van der Waals surface area contributed by atoms with Crippen LogP contribution in [0.4, 0.5) is 9.52 Å². The van der Waals surface area contributed by atoms with Crippen LogP contribution in [0.1, 0.15) is 33.4 Å². The molecule has 1 aliphatic heterocycles. The zero-order chi connectivity index (χ0) is 20.2. The van der Waals surface area contributed by atoms with Crippen LogP contribution in [-0.4, -0.2) is 23.0 Å². The van der Waals surface area contributed by atoms with E-state index in [-0.39, 0.29) is 30.1 Å². The first-order valence-electron chi connectivity index (χ1n) is 8.92. The van der Waals surface area contributed by atoms with Crippen LogP contribution in [0.25, 0.3) is 0 Å². The molecule has 1 aliphatic rings. The molecule has 150 valence electrons. The lowest BCUT2D eigenvalue weighted by Gasteiger charge is -2.11. The highest BCUT2D eigenvalue weighted by Gasteiger charge is 2.26. The molecule has 10 heteroatoms. The van der Waals surface area contributed by atoms with Crippen LogP contribution in [0.5, 0.6) is 0 Å². The Morgan fingerprint density at radius 3 is 2.83 bits per heavy atom. The molecule has 2 unspecified atom stereocenters. The van der Waals surface area contributed by atoms with E-state index in [9.17, 15) is 14.0 Å². The molecule has 1 saturated heterocycles. The molecule has 4 N–H and O–H groups in total. The van der Waals surface area contributed by atoms with Crippen molar-refractivity contribution in [2.24, 2.45) is 0 Å². The van der Waals surface area contributed by atoms with Crippen molar-refractivity contribution in [1.29, 1.82) is 0 Å². The maximum Gasteiger partial charge on any atom is 0.260 e. The first-order valence-corrected chi connectivity index (χ1v) is 10.7.